The molecule has 7 heteroatoms. The van der Waals surface area contributed by atoms with Crippen molar-refractivity contribution in [2.75, 3.05) is 7.11 Å². The van der Waals surface area contributed by atoms with Gasteiger partial charge in [-0.2, -0.15) is 0 Å². The number of sulfonamides is 1. The average molecular weight is 313 g/mol. The molecule has 1 rings (SSSR count). The van der Waals surface area contributed by atoms with Crippen LogP contribution in [0.5, 0.6) is 5.75 Å². The largest absolute Gasteiger partial charge is 0.496 e. The van der Waals surface area contributed by atoms with E-state index in [1.165, 1.54) is 0 Å². The van der Waals surface area contributed by atoms with Gasteiger partial charge in [0.25, 0.3) is 10.0 Å². The zero-order valence-corrected chi connectivity index (χ0v) is 14.1. The molecular formula is C14H23N3O3S. The smallest absolute Gasteiger partial charge is 0.264 e. The van der Waals surface area contributed by atoms with Crippen molar-refractivity contribution >= 4 is 16.0 Å². The summed E-state index contributed by atoms with van der Waals surface area (Å²) in [5, 5.41) is 10.4. The van der Waals surface area contributed by atoms with Gasteiger partial charge in [0, 0.05) is 6.04 Å². The standard InChI is InChI=1S/C14H23N3O3S/c1-8(2)16-14(15)17-21(18,19)13-9(3)7-12(20-6)10(4)11(13)5/h7-8H,1-6H3,(H3,15,16,17). The van der Waals surface area contributed by atoms with Crippen LogP contribution in [-0.4, -0.2) is 27.5 Å². The Morgan fingerprint density at radius 3 is 2.29 bits per heavy atom. The second-order valence-corrected chi connectivity index (χ2v) is 6.87. The molecule has 0 aromatic heterocycles. The average Bonchev–Trinajstić information content (AvgIpc) is 2.31. The maximum atomic E-state index is 12.5. The van der Waals surface area contributed by atoms with Crippen LogP contribution in [0.2, 0.25) is 0 Å². The summed E-state index contributed by atoms with van der Waals surface area (Å²) in [5.74, 6) is 0.414. The molecule has 0 saturated heterocycles. The highest BCUT2D eigenvalue weighted by Crippen LogP contribution is 2.30. The van der Waals surface area contributed by atoms with E-state index in [4.69, 9.17) is 10.1 Å². The minimum atomic E-state index is -3.81. The molecule has 0 aliphatic heterocycles. The van der Waals surface area contributed by atoms with Crippen molar-refractivity contribution in [2.24, 2.45) is 0 Å². The molecule has 0 spiro atoms. The van der Waals surface area contributed by atoms with E-state index in [0.717, 1.165) is 5.56 Å². The second-order valence-electron chi connectivity index (χ2n) is 5.25. The molecule has 0 amide bonds. The molecule has 0 radical (unpaired) electrons. The molecule has 0 heterocycles. The summed E-state index contributed by atoms with van der Waals surface area (Å²) in [5.41, 5.74) is 1.98. The first kappa shape index (κ1) is 17.3. The summed E-state index contributed by atoms with van der Waals surface area (Å²) in [7, 11) is -2.26. The van der Waals surface area contributed by atoms with Gasteiger partial charge < -0.3 is 10.1 Å². The summed E-state index contributed by atoms with van der Waals surface area (Å²) in [6.45, 7) is 8.92. The number of methoxy groups -OCH3 is 1. The molecule has 0 aliphatic rings. The third kappa shape index (κ3) is 3.87. The van der Waals surface area contributed by atoms with E-state index in [2.05, 4.69) is 10.0 Å². The first-order chi connectivity index (χ1) is 9.60. The second kappa shape index (κ2) is 6.34. The molecule has 1 aromatic rings. The van der Waals surface area contributed by atoms with Crippen LogP contribution >= 0.6 is 0 Å². The topological polar surface area (TPSA) is 91.3 Å². The van der Waals surface area contributed by atoms with Crippen molar-refractivity contribution in [3.63, 3.8) is 0 Å². The van der Waals surface area contributed by atoms with Gasteiger partial charge in [-0.15, -0.1) is 0 Å². The summed E-state index contributed by atoms with van der Waals surface area (Å²) < 4.78 is 32.5. The number of benzene rings is 1. The highest BCUT2D eigenvalue weighted by Gasteiger charge is 2.23. The Bertz CT molecular complexity index is 652. The van der Waals surface area contributed by atoms with Gasteiger partial charge in [-0.05, 0) is 57.4 Å². The Labute approximate surface area is 126 Å². The van der Waals surface area contributed by atoms with Crippen molar-refractivity contribution in [2.45, 2.75) is 45.6 Å². The molecule has 6 nitrogen and oxygen atoms in total. The quantitative estimate of drug-likeness (QED) is 0.584. The fourth-order valence-electron chi connectivity index (χ4n) is 2.15. The third-order valence-corrected chi connectivity index (χ3v) is 4.78. The molecule has 21 heavy (non-hydrogen) atoms. The molecule has 0 unspecified atom stereocenters. The van der Waals surface area contributed by atoms with Crippen LogP contribution in [0, 0.1) is 26.2 Å². The summed E-state index contributed by atoms with van der Waals surface area (Å²) in [6.07, 6.45) is 0. The Morgan fingerprint density at radius 1 is 1.24 bits per heavy atom. The van der Waals surface area contributed by atoms with Gasteiger partial charge in [0.2, 0.25) is 5.96 Å². The number of guanidine groups is 1. The molecule has 118 valence electrons. The zero-order valence-electron chi connectivity index (χ0n) is 13.3. The molecule has 3 N–H and O–H groups in total. The molecule has 1 aromatic carbocycles. The predicted molar refractivity (Wildman–Crippen MR) is 83.5 cm³/mol. The van der Waals surface area contributed by atoms with Gasteiger partial charge in [-0.1, -0.05) is 0 Å². The first-order valence-corrected chi connectivity index (χ1v) is 8.11. The Balaban J connectivity index is 3.27. The molecule has 0 atom stereocenters. The number of rotatable bonds is 4. The molecule has 0 saturated carbocycles. The lowest BCUT2D eigenvalue weighted by Crippen LogP contribution is -2.43. The lowest BCUT2D eigenvalue weighted by Gasteiger charge is -2.18. The van der Waals surface area contributed by atoms with Gasteiger partial charge >= 0.3 is 0 Å². The SMILES string of the molecule is COc1cc(C)c(S(=O)(=O)NC(=N)NC(C)C)c(C)c1C. The van der Waals surface area contributed by atoms with E-state index in [0.29, 0.717) is 16.9 Å². The van der Waals surface area contributed by atoms with Crippen LogP contribution in [0.4, 0.5) is 0 Å². The van der Waals surface area contributed by atoms with E-state index in [1.54, 1.807) is 27.0 Å². The van der Waals surface area contributed by atoms with Crippen LogP contribution in [0.1, 0.15) is 30.5 Å². The van der Waals surface area contributed by atoms with Crippen molar-refractivity contribution in [3.8, 4) is 5.75 Å². The van der Waals surface area contributed by atoms with Gasteiger partial charge in [-0.3, -0.25) is 5.41 Å². The minimum absolute atomic E-state index is 0.0278. The van der Waals surface area contributed by atoms with Crippen molar-refractivity contribution in [1.82, 2.24) is 10.0 Å². The molecular weight excluding hydrogens is 290 g/mol. The number of hydrogen-bond acceptors (Lipinski definition) is 4. The Hall–Kier alpha value is -1.76. The fraction of sp³-hybridized carbons (Fsp3) is 0.500. The van der Waals surface area contributed by atoms with Gasteiger partial charge in [0.05, 0.1) is 12.0 Å². The number of hydrogen-bond donors (Lipinski definition) is 3. The Morgan fingerprint density at radius 2 is 1.81 bits per heavy atom. The Kier molecular flexibility index (Phi) is 5.22. The molecule has 0 bridgehead atoms. The lowest BCUT2D eigenvalue weighted by molar-refractivity contribution is 0.410. The summed E-state index contributed by atoms with van der Waals surface area (Å²) >= 11 is 0. The van der Waals surface area contributed by atoms with E-state index >= 15 is 0 Å². The fourth-order valence-corrected chi connectivity index (χ4v) is 3.62. The van der Waals surface area contributed by atoms with Crippen LogP contribution in [0.3, 0.4) is 0 Å². The van der Waals surface area contributed by atoms with Crippen LogP contribution in [0.25, 0.3) is 0 Å². The first-order valence-electron chi connectivity index (χ1n) is 6.62. The van der Waals surface area contributed by atoms with Gasteiger partial charge in [0.15, 0.2) is 0 Å². The number of aryl methyl sites for hydroxylation is 1. The maximum absolute atomic E-state index is 12.5. The van der Waals surface area contributed by atoms with Crippen LogP contribution in [-0.2, 0) is 10.0 Å². The monoisotopic (exact) mass is 313 g/mol. The van der Waals surface area contributed by atoms with Crippen LogP contribution in [0.15, 0.2) is 11.0 Å². The zero-order chi connectivity index (χ0) is 16.4. The van der Waals surface area contributed by atoms with Crippen molar-refractivity contribution in [3.05, 3.63) is 22.8 Å². The molecule has 0 fully saturated rings. The predicted octanol–water partition coefficient (Wildman–Crippen LogP) is 1.83. The van der Waals surface area contributed by atoms with Crippen LogP contribution < -0.4 is 14.8 Å². The lowest BCUT2D eigenvalue weighted by atomic mass is 10.1. The van der Waals surface area contributed by atoms with E-state index in [-0.39, 0.29) is 16.9 Å². The van der Waals surface area contributed by atoms with Gasteiger partial charge in [0.1, 0.15) is 5.75 Å². The highest BCUT2D eigenvalue weighted by atomic mass is 32.2. The normalized spacial score (nSPS) is 11.4. The third-order valence-electron chi connectivity index (χ3n) is 3.14. The van der Waals surface area contributed by atoms with Crippen molar-refractivity contribution in [1.29, 1.82) is 5.41 Å². The maximum Gasteiger partial charge on any atom is 0.264 e. The van der Waals surface area contributed by atoms with E-state index < -0.39 is 10.0 Å². The summed E-state index contributed by atoms with van der Waals surface area (Å²) in [6, 6.07) is 1.66. The highest BCUT2D eigenvalue weighted by molar-refractivity contribution is 7.90. The number of ether oxygens (including phenoxy) is 1. The van der Waals surface area contributed by atoms with E-state index in [1.807, 2.05) is 20.8 Å². The van der Waals surface area contributed by atoms with E-state index in [9.17, 15) is 8.42 Å². The molecule has 0 aliphatic carbocycles. The van der Waals surface area contributed by atoms with Crippen molar-refractivity contribution < 1.29 is 13.2 Å². The number of nitrogens with one attached hydrogen (secondary N) is 3. The summed E-state index contributed by atoms with van der Waals surface area (Å²) in [4.78, 5) is 0.191. The minimum Gasteiger partial charge on any atom is -0.496 e. The van der Waals surface area contributed by atoms with Gasteiger partial charge in [-0.25, -0.2) is 13.1 Å².